The van der Waals surface area contributed by atoms with Crippen molar-refractivity contribution >= 4 is 27.7 Å². The van der Waals surface area contributed by atoms with Crippen LogP contribution < -0.4 is 0 Å². The highest BCUT2D eigenvalue weighted by atomic mass is 79.9. The quantitative estimate of drug-likeness (QED) is 0.798. The highest BCUT2D eigenvalue weighted by molar-refractivity contribution is 9.10. The number of hydrogen-bond donors (Lipinski definition) is 0. The van der Waals surface area contributed by atoms with Crippen LogP contribution >= 0.6 is 15.9 Å². The number of likely N-dealkylation sites (tertiary alicyclic amines) is 1. The van der Waals surface area contributed by atoms with E-state index < -0.39 is 0 Å². The summed E-state index contributed by atoms with van der Waals surface area (Å²) in [7, 11) is 0. The Morgan fingerprint density at radius 1 is 1.47 bits per heavy atom. The summed E-state index contributed by atoms with van der Waals surface area (Å²) < 4.78 is 0.973. The molecule has 0 aliphatic carbocycles. The zero-order valence-corrected chi connectivity index (χ0v) is 12.9. The number of hydrogen-bond acceptors (Lipinski definition) is 2. The van der Waals surface area contributed by atoms with Crippen molar-refractivity contribution in [3.63, 3.8) is 0 Å². The Balaban J connectivity index is 2.15. The molecule has 102 valence electrons. The van der Waals surface area contributed by atoms with Crippen LogP contribution in [0.3, 0.4) is 0 Å². The van der Waals surface area contributed by atoms with Gasteiger partial charge in [-0.15, -0.1) is 0 Å². The Morgan fingerprint density at radius 3 is 2.84 bits per heavy atom. The van der Waals surface area contributed by atoms with Gasteiger partial charge in [-0.05, 0) is 43.0 Å². The molecule has 2 rings (SSSR count). The third-order valence-electron chi connectivity index (χ3n) is 3.55. The van der Waals surface area contributed by atoms with Crippen LogP contribution in [0.1, 0.15) is 42.1 Å². The van der Waals surface area contributed by atoms with Crippen molar-refractivity contribution in [1.82, 2.24) is 4.90 Å². The second kappa shape index (κ2) is 5.87. The van der Waals surface area contributed by atoms with Crippen LogP contribution in [-0.2, 0) is 4.79 Å². The first kappa shape index (κ1) is 14.3. The fourth-order valence-corrected chi connectivity index (χ4v) is 2.76. The number of imide groups is 1. The molecule has 0 radical (unpaired) electrons. The van der Waals surface area contributed by atoms with E-state index in [-0.39, 0.29) is 11.8 Å². The number of halogens is 1. The van der Waals surface area contributed by atoms with Gasteiger partial charge in [0, 0.05) is 23.0 Å². The van der Waals surface area contributed by atoms with E-state index in [1.54, 1.807) is 6.07 Å². The second-order valence-electron chi connectivity index (χ2n) is 5.13. The van der Waals surface area contributed by atoms with E-state index in [0.29, 0.717) is 24.4 Å². The normalized spacial score (nSPS) is 19.0. The molecule has 1 atom stereocenters. The van der Waals surface area contributed by atoms with Gasteiger partial charge in [0.05, 0.1) is 0 Å². The van der Waals surface area contributed by atoms with Crippen LogP contribution in [-0.4, -0.2) is 23.3 Å². The fraction of sp³-hybridized carbons (Fsp3) is 0.467. The Labute approximate surface area is 122 Å². The maximum Gasteiger partial charge on any atom is 0.260 e. The van der Waals surface area contributed by atoms with E-state index in [4.69, 9.17) is 0 Å². The van der Waals surface area contributed by atoms with Crippen molar-refractivity contribution in [2.45, 2.75) is 33.1 Å². The molecule has 1 aromatic carbocycles. The van der Waals surface area contributed by atoms with Gasteiger partial charge in [0.25, 0.3) is 5.91 Å². The summed E-state index contributed by atoms with van der Waals surface area (Å²) in [6, 6.07) is 5.44. The topological polar surface area (TPSA) is 37.4 Å². The lowest BCUT2D eigenvalue weighted by Gasteiger charge is -2.15. The van der Waals surface area contributed by atoms with Gasteiger partial charge in [-0.2, -0.15) is 0 Å². The summed E-state index contributed by atoms with van der Waals surface area (Å²) in [5.41, 5.74) is 1.59. The molecule has 1 aliphatic rings. The number of amides is 2. The maximum atomic E-state index is 12.4. The van der Waals surface area contributed by atoms with Crippen molar-refractivity contribution in [3.8, 4) is 0 Å². The molecule has 1 heterocycles. The number of nitrogens with zero attached hydrogens (tertiary/aromatic N) is 1. The summed E-state index contributed by atoms with van der Waals surface area (Å²) in [6.45, 7) is 4.61. The summed E-state index contributed by atoms with van der Waals surface area (Å²) in [5, 5.41) is 0. The first-order chi connectivity index (χ1) is 9.02. The van der Waals surface area contributed by atoms with Gasteiger partial charge in [-0.1, -0.05) is 29.3 Å². The third kappa shape index (κ3) is 3.06. The minimum Gasteiger partial charge on any atom is -0.278 e. The SMILES string of the molecule is CCCC1CC(=O)N(C(=O)c2ccc(Br)c(C)c2)C1. The summed E-state index contributed by atoms with van der Waals surface area (Å²) in [6.07, 6.45) is 2.57. The first-order valence-electron chi connectivity index (χ1n) is 6.63. The van der Waals surface area contributed by atoms with E-state index >= 15 is 0 Å². The van der Waals surface area contributed by atoms with Crippen molar-refractivity contribution in [2.24, 2.45) is 5.92 Å². The molecule has 1 saturated heterocycles. The van der Waals surface area contributed by atoms with E-state index in [0.717, 1.165) is 22.9 Å². The maximum absolute atomic E-state index is 12.4. The Hall–Kier alpha value is -1.16. The highest BCUT2D eigenvalue weighted by Crippen LogP contribution is 2.25. The van der Waals surface area contributed by atoms with Crippen LogP contribution in [0.25, 0.3) is 0 Å². The molecule has 1 unspecified atom stereocenters. The lowest BCUT2D eigenvalue weighted by atomic mass is 10.0. The predicted octanol–water partition coefficient (Wildman–Crippen LogP) is 3.55. The number of rotatable bonds is 3. The molecule has 1 aliphatic heterocycles. The van der Waals surface area contributed by atoms with Crippen molar-refractivity contribution in [3.05, 3.63) is 33.8 Å². The minimum absolute atomic E-state index is 0.0379. The molecular weight excluding hydrogens is 306 g/mol. The Bertz CT molecular complexity index is 513. The van der Waals surface area contributed by atoms with Crippen LogP contribution in [0.2, 0.25) is 0 Å². The Morgan fingerprint density at radius 2 is 2.21 bits per heavy atom. The zero-order valence-electron chi connectivity index (χ0n) is 11.3. The van der Waals surface area contributed by atoms with Crippen molar-refractivity contribution in [1.29, 1.82) is 0 Å². The lowest BCUT2D eigenvalue weighted by Crippen LogP contribution is -2.32. The lowest BCUT2D eigenvalue weighted by molar-refractivity contribution is -0.125. The first-order valence-corrected chi connectivity index (χ1v) is 7.43. The average molecular weight is 324 g/mol. The standard InChI is InChI=1S/C15H18BrNO2/c1-3-4-11-8-14(18)17(9-11)15(19)12-5-6-13(16)10(2)7-12/h5-7,11H,3-4,8-9H2,1-2H3. The zero-order chi connectivity index (χ0) is 14.0. The van der Waals surface area contributed by atoms with Crippen LogP contribution in [0.4, 0.5) is 0 Å². The number of benzene rings is 1. The van der Waals surface area contributed by atoms with Gasteiger partial charge < -0.3 is 0 Å². The van der Waals surface area contributed by atoms with Gasteiger partial charge in [0.2, 0.25) is 5.91 Å². The number of carbonyl (C=O) groups is 2. The second-order valence-corrected chi connectivity index (χ2v) is 5.99. The van der Waals surface area contributed by atoms with Crippen LogP contribution in [0.15, 0.2) is 22.7 Å². The molecule has 1 aromatic rings. The van der Waals surface area contributed by atoms with Gasteiger partial charge in [-0.3, -0.25) is 14.5 Å². The molecular formula is C15H18BrNO2. The van der Waals surface area contributed by atoms with Crippen LogP contribution in [0, 0.1) is 12.8 Å². The third-order valence-corrected chi connectivity index (χ3v) is 4.44. The minimum atomic E-state index is -0.167. The summed E-state index contributed by atoms with van der Waals surface area (Å²) in [4.78, 5) is 25.7. The molecule has 19 heavy (non-hydrogen) atoms. The summed E-state index contributed by atoms with van der Waals surface area (Å²) in [5.74, 6) is 0.126. The van der Waals surface area contributed by atoms with E-state index in [2.05, 4.69) is 22.9 Å². The molecule has 4 heteroatoms. The molecule has 0 N–H and O–H groups in total. The highest BCUT2D eigenvalue weighted by Gasteiger charge is 2.33. The molecule has 1 fully saturated rings. The monoisotopic (exact) mass is 323 g/mol. The van der Waals surface area contributed by atoms with Crippen molar-refractivity contribution in [2.75, 3.05) is 6.54 Å². The molecule has 2 amide bonds. The Kier molecular flexibility index (Phi) is 4.40. The molecule has 3 nitrogen and oxygen atoms in total. The van der Waals surface area contributed by atoms with Gasteiger partial charge >= 0.3 is 0 Å². The average Bonchev–Trinajstić information content (AvgIpc) is 2.73. The fourth-order valence-electron chi connectivity index (χ4n) is 2.51. The van der Waals surface area contributed by atoms with Gasteiger partial charge in [0.1, 0.15) is 0 Å². The molecule has 0 bridgehead atoms. The van der Waals surface area contributed by atoms with E-state index in [9.17, 15) is 9.59 Å². The molecule has 0 saturated carbocycles. The van der Waals surface area contributed by atoms with E-state index in [1.807, 2.05) is 19.1 Å². The smallest absolute Gasteiger partial charge is 0.260 e. The van der Waals surface area contributed by atoms with Gasteiger partial charge in [-0.25, -0.2) is 0 Å². The van der Waals surface area contributed by atoms with Crippen molar-refractivity contribution < 1.29 is 9.59 Å². The van der Waals surface area contributed by atoms with Gasteiger partial charge in [0.15, 0.2) is 0 Å². The summed E-state index contributed by atoms with van der Waals surface area (Å²) >= 11 is 3.41. The molecule has 0 aromatic heterocycles. The molecule has 0 spiro atoms. The predicted molar refractivity (Wildman–Crippen MR) is 77.9 cm³/mol. The number of aryl methyl sites for hydroxylation is 1. The largest absolute Gasteiger partial charge is 0.278 e. The van der Waals surface area contributed by atoms with E-state index in [1.165, 1.54) is 4.90 Å². The van der Waals surface area contributed by atoms with Crippen LogP contribution in [0.5, 0.6) is 0 Å². The number of carbonyl (C=O) groups excluding carboxylic acids is 2.